The molecule has 0 bridgehead atoms. The van der Waals surface area contributed by atoms with E-state index in [2.05, 4.69) is 0 Å². The first-order valence-electron chi connectivity index (χ1n) is 17.4. The molecule has 2 heterocycles. The number of nitrogens with zero attached hydrogens (tertiary/aromatic N) is 4. The smallest absolute Gasteiger partial charge is 0.273 e. The van der Waals surface area contributed by atoms with Crippen molar-refractivity contribution >= 4 is 47.1 Å². The monoisotopic (exact) mass is 704 g/mol. The average molecular weight is 705 g/mol. The average Bonchev–Trinajstić information content (AvgIpc) is 3.18. The maximum atomic E-state index is 14.2. The van der Waals surface area contributed by atoms with E-state index in [9.17, 15) is 28.8 Å². The van der Waals surface area contributed by atoms with Crippen LogP contribution in [0.2, 0.25) is 0 Å². The molecule has 2 atom stereocenters. The highest BCUT2D eigenvalue weighted by atomic mass is 16.2. The number of hydrogen-bond acceptors (Lipinski definition) is 6. The maximum absolute atomic E-state index is 14.2. The summed E-state index contributed by atoms with van der Waals surface area (Å²) in [5, 5.41) is 0. The second-order valence-corrected chi connectivity index (χ2v) is 13.2. The number of carbonyl (C=O) groups excluding carboxylic acids is 6. The molecule has 5 aromatic rings. The van der Waals surface area contributed by atoms with Crippen molar-refractivity contribution in [1.29, 1.82) is 0 Å². The second kappa shape index (κ2) is 14.9. The lowest BCUT2D eigenvalue weighted by atomic mass is 9.93. The highest BCUT2D eigenvalue weighted by Crippen LogP contribution is 2.35. The quantitative estimate of drug-likeness (QED) is 0.150. The van der Waals surface area contributed by atoms with Crippen LogP contribution in [-0.2, 0) is 45.1 Å². The highest BCUT2D eigenvalue weighted by Gasteiger charge is 2.48. The summed E-state index contributed by atoms with van der Waals surface area (Å²) in [5.41, 5.74) is 3.76. The van der Waals surface area contributed by atoms with Gasteiger partial charge < -0.3 is 0 Å². The number of benzene rings is 5. The third-order valence-electron chi connectivity index (χ3n) is 9.62. The molecule has 0 aliphatic carbocycles. The van der Waals surface area contributed by atoms with Gasteiger partial charge in [0.15, 0.2) is 0 Å². The lowest BCUT2D eigenvalue weighted by molar-refractivity contribution is -0.143. The molecule has 264 valence electrons. The van der Waals surface area contributed by atoms with Crippen LogP contribution in [-0.4, -0.2) is 45.5 Å². The minimum Gasteiger partial charge on any atom is -0.273 e. The van der Waals surface area contributed by atoms with Crippen LogP contribution in [0, 0.1) is 18.8 Å². The third kappa shape index (κ3) is 6.99. The molecule has 0 spiro atoms. The van der Waals surface area contributed by atoms with Crippen molar-refractivity contribution in [3.05, 3.63) is 167 Å². The van der Waals surface area contributed by atoms with E-state index in [-0.39, 0.29) is 37.3 Å². The molecule has 2 saturated heterocycles. The molecule has 10 heteroatoms. The lowest BCUT2D eigenvalue weighted by Gasteiger charge is -2.38. The van der Waals surface area contributed by atoms with Crippen LogP contribution >= 0.6 is 0 Å². The Balaban J connectivity index is 1.24. The number of barbiturate groups is 2. The Labute approximate surface area is 306 Å². The number of imide groups is 4. The van der Waals surface area contributed by atoms with Crippen LogP contribution in [0.5, 0.6) is 0 Å². The predicted octanol–water partition coefficient (Wildman–Crippen LogP) is 6.70. The maximum Gasteiger partial charge on any atom is 0.338 e. The predicted molar refractivity (Wildman–Crippen MR) is 198 cm³/mol. The lowest BCUT2D eigenvalue weighted by Crippen LogP contribution is -2.60. The summed E-state index contributed by atoms with van der Waals surface area (Å²) in [6, 6.07) is 39.3. The molecular weight excluding hydrogens is 668 g/mol. The topological polar surface area (TPSA) is 115 Å². The fourth-order valence-corrected chi connectivity index (χ4v) is 6.88. The largest absolute Gasteiger partial charge is 0.338 e. The standard InChI is InChI=1S/C43H36N4O6/c1-29-24-34(46-40(50)35(25-30-14-6-2-7-15-30)38(48)44(42(46)52)27-32-18-10-4-11-19-32)22-23-37(29)47-41(51)36(26-31-16-8-3-9-17-31)39(49)45(43(47)53)28-33-20-12-5-13-21-33/h2-24,35-36H,25-28H2,1H3. The van der Waals surface area contributed by atoms with Crippen molar-refractivity contribution in [3.63, 3.8) is 0 Å². The van der Waals surface area contributed by atoms with E-state index in [1.807, 2.05) is 97.1 Å². The normalized spacial score (nSPS) is 17.9. The Hall–Kier alpha value is -6.68. The molecule has 8 amide bonds. The van der Waals surface area contributed by atoms with Gasteiger partial charge in [0, 0.05) is 0 Å². The van der Waals surface area contributed by atoms with Crippen molar-refractivity contribution in [2.45, 2.75) is 32.9 Å². The van der Waals surface area contributed by atoms with Gasteiger partial charge in [-0.2, -0.15) is 0 Å². The molecule has 2 unspecified atom stereocenters. The van der Waals surface area contributed by atoms with E-state index in [0.29, 0.717) is 5.56 Å². The number of urea groups is 2. The van der Waals surface area contributed by atoms with E-state index in [1.54, 1.807) is 37.3 Å². The number of hydrogen-bond donors (Lipinski definition) is 0. The van der Waals surface area contributed by atoms with Crippen molar-refractivity contribution in [1.82, 2.24) is 9.80 Å². The van der Waals surface area contributed by atoms with Gasteiger partial charge in [0.05, 0.1) is 24.5 Å². The summed E-state index contributed by atoms with van der Waals surface area (Å²) in [6.07, 6.45) is 0.186. The van der Waals surface area contributed by atoms with Gasteiger partial charge >= 0.3 is 12.1 Å². The first-order chi connectivity index (χ1) is 25.7. The van der Waals surface area contributed by atoms with Gasteiger partial charge in [0.1, 0.15) is 11.8 Å². The summed E-state index contributed by atoms with van der Waals surface area (Å²) < 4.78 is 0. The minimum atomic E-state index is -1.17. The Bertz CT molecular complexity index is 2070. The molecule has 0 N–H and O–H groups in total. The van der Waals surface area contributed by atoms with Gasteiger partial charge in [-0.05, 0) is 65.8 Å². The fourth-order valence-electron chi connectivity index (χ4n) is 6.88. The first kappa shape index (κ1) is 34.8. The van der Waals surface area contributed by atoms with Gasteiger partial charge in [-0.3, -0.25) is 29.0 Å². The highest BCUT2D eigenvalue weighted by molar-refractivity contribution is 6.29. The summed E-state index contributed by atoms with van der Waals surface area (Å²) >= 11 is 0. The zero-order valence-corrected chi connectivity index (χ0v) is 29.0. The summed E-state index contributed by atoms with van der Waals surface area (Å²) in [4.78, 5) is 88.3. The van der Waals surface area contributed by atoms with E-state index in [1.165, 1.54) is 12.1 Å². The van der Waals surface area contributed by atoms with Gasteiger partial charge in [0.25, 0.3) is 0 Å². The van der Waals surface area contributed by atoms with Crippen LogP contribution in [0.3, 0.4) is 0 Å². The van der Waals surface area contributed by atoms with Crippen LogP contribution in [0.1, 0.15) is 27.8 Å². The molecular formula is C43H36N4O6. The molecule has 0 radical (unpaired) electrons. The van der Waals surface area contributed by atoms with Gasteiger partial charge in [-0.15, -0.1) is 0 Å². The van der Waals surface area contributed by atoms with E-state index in [0.717, 1.165) is 41.9 Å². The third-order valence-corrected chi connectivity index (χ3v) is 9.62. The zero-order valence-electron chi connectivity index (χ0n) is 29.0. The number of rotatable bonds is 10. The summed E-state index contributed by atoms with van der Waals surface area (Å²) in [7, 11) is 0. The number of carbonyl (C=O) groups is 6. The molecule has 5 aromatic carbocycles. The molecule has 0 aromatic heterocycles. The second-order valence-electron chi connectivity index (χ2n) is 13.2. The van der Waals surface area contributed by atoms with Crippen LogP contribution in [0.15, 0.2) is 140 Å². The van der Waals surface area contributed by atoms with Gasteiger partial charge in [-0.1, -0.05) is 121 Å². The minimum absolute atomic E-state index is 0.0322. The molecule has 7 rings (SSSR count). The van der Waals surface area contributed by atoms with Gasteiger partial charge in [-0.25, -0.2) is 19.4 Å². The van der Waals surface area contributed by atoms with Crippen molar-refractivity contribution in [2.75, 3.05) is 9.80 Å². The van der Waals surface area contributed by atoms with Crippen molar-refractivity contribution < 1.29 is 28.8 Å². The SMILES string of the molecule is Cc1cc(N2C(=O)C(Cc3ccccc3)C(=O)N(Cc3ccccc3)C2=O)ccc1N1C(=O)C(Cc2ccccc2)C(=O)N(Cc2ccccc2)C1=O. The molecule has 0 saturated carbocycles. The summed E-state index contributed by atoms with van der Waals surface area (Å²) in [6.45, 7) is 1.60. The van der Waals surface area contributed by atoms with E-state index in [4.69, 9.17) is 0 Å². The number of aryl methyl sites for hydroxylation is 1. The van der Waals surface area contributed by atoms with E-state index < -0.39 is 47.5 Å². The van der Waals surface area contributed by atoms with Crippen LogP contribution in [0.4, 0.5) is 21.0 Å². The molecule has 2 fully saturated rings. The first-order valence-corrected chi connectivity index (χ1v) is 17.4. The van der Waals surface area contributed by atoms with E-state index >= 15 is 0 Å². The van der Waals surface area contributed by atoms with Crippen LogP contribution in [0.25, 0.3) is 0 Å². The molecule has 2 aliphatic rings. The zero-order chi connectivity index (χ0) is 37.1. The molecule has 10 nitrogen and oxygen atoms in total. The Morgan fingerprint density at radius 1 is 0.434 bits per heavy atom. The molecule has 2 aliphatic heterocycles. The number of anilines is 2. The van der Waals surface area contributed by atoms with Gasteiger partial charge in [0.2, 0.25) is 23.6 Å². The Morgan fingerprint density at radius 3 is 1.23 bits per heavy atom. The van der Waals surface area contributed by atoms with Crippen LogP contribution < -0.4 is 9.80 Å². The van der Waals surface area contributed by atoms with Crippen molar-refractivity contribution in [3.8, 4) is 0 Å². The Morgan fingerprint density at radius 2 is 0.811 bits per heavy atom. The Kier molecular flexibility index (Phi) is 9.76. The number of amides is 8. The fraction of sp³-hybridized carbons (Fsp3) is 0.163. The molecule has 53 heavy (non-hydrogen) atoms. The van der Waals surface area contributed by atoms with Crippen molar-refractivity contribution in [2.24, 2.45) is 11.8 Å². The summed E-state index contributed by atoms with van der Waals surface area (Å²) in [5.74, 6) is -4.85.